The molecule has 0 aliphatic heterocycles. The summed E-state index contributed by atoms with van der Waals surface area (Å²) in [7, 11) is 0. The summed E-state index contributed by atoms with van der Waals surface area (Å²) in [5.74, 6) is 0.531. The molecule has 9 nitrogen and oxygen atoms in total. The summed E-state index contributed by atoms with van der Waals surface area (Å²) < 4.78 is 0. The van der Waals surface area contributed by atoms with E-state index in [2.05, 4.69) is 11.1 Å². The van der Waals surface area contributed by atoms with Crippen LogP contribution in [0.25, 0.3) is 10.9 Å². The summed E-state index contributed by atoms with van der Waals surface area (Å²) in [6.07, 6.45) is 1.87. The van der Waals surface area contributed by atoms with Crippen molar-refractivity contribution in [2.24, 2.45) is 0 Å². The fraction of sp³-hybridized carbons (Fsp3) is 0.200. The van der Waals surface area contributed by atoms with Crippen molar-refractivity contribution in [1.82, 2.24) is 4.98 Å². The largest absolute Gasteiger partial charge is 0.349 e. The maximum absolute atomic E-state index is 11.4. The smallest absolute Gasteiger partial charge is 0.274 e. The number of nitrogens with zero attached hydrogens (tertiary/aromatic N) is 5. The third-order valence-electron chi connectivity index (χ3n) is 4.92. The van der Waals surface area contributed by atoms with E-state index >= 15 is 0 Å². The van der Waals surface area contributed by atoms with Gasteiger partial charge in [0, 0.05) is 35.2 Å². The van der Waals surface area contributed by atoms with Crippen molar-refractivity contribution >= 4 is 28.1 Å². The molecule has 144 valence electrons. The van der Waals surface area contributed by atoms with Gasteiger partial charge in [0.25, 0.3) is 11.4 Å². The molecule has 0 spiro atoms. The highest BCUT2D eigenvalue weighted by Crippen LogP contribution is 2.35. The van der Waals surface area contributed by atoms with Crippen molar-refractivity contribution in [3.8, 4) is 6.07 Å². The monoisotopic (exact) mass is 389 g/mol. The third kappa shape index (κ3) is 3.55. The molecule has 0 saturated heterocycles. The van der Waals surface area contributed by atoms with Gasteiger partial charge in [-0.2, -0.15) is 5.26 Å². The Morgan fingerprint density at radius 2 is 1.86 bits per heavy atom. The molecule has 0 radical (unpaired) electrons. The van der Waals surface area contributed by atoms with Crippen LogP contribution in [-0.2, 0) is 6.54 Å². The standard InChI is InChI=1S/C20H15N5O4/c21-11-14-9-20(22-18-8-7-16(24(26)27)10-17(14)18)23(15-5-6-15)12-13-3-1-2-4-19(13)25(28)29/h1-4,7-10,15H,5-6,12H2. The molecule has 1 heterocycles. The second kappa shape index (κ2) is 7.16. The Bertz CT molecular complexity index is 1180. The first kappa shape index (κ1) is 18.3. The van der Waals surface area contributed by atoms with Gasteiger partial charge in [0.1, 0.15) is 5.82 Å². The Hall–Kier alpha value is -4.06. The zero-order chi connectivity index (χ0) is 20.5. The first-order valence-corrected chi connectivity index (χ1v) is 8.96. The molecule has 1 aliphatic rings. The van der Waals surface area contributed by atoms with E-state index in [0.717, 1.165) is 12.8 Å². The Morgan fingerprint density at radius 3 is 2.52 bits per heavy atom. The predicted octanol–water partition coefficient (Wildman–Crippen LogP) is 4.09. The fourth-order valence-electron chi connectivity index (χ4n) is 3.34. The SMILES string of the molecule is N#Cc1cc(N(Cc2ccccc2[N+](=O)[O-])C2CC2)nc2ccc([N+](=O)[O-])cc12. The van der Waals surface area contributed by atoms with Gasteiger partial charge in [-0.25, -0.2) is 4.98 Å². The van der Waals surface area contributed by atoms with Crippen molar-refractivity contribution in [3.05, 3.63) is 79.9 Å². The van der Waals surface area contributed by atoms with Crippen molar-refractivity contribution in [2.45, 2.75) is 25.4 Å². The van der Waals surface area contributed by atoms with Crippen LogP contribution in [0.1, 0.15) is 24.0 Å². The van der Waals surface area contributed by atoms with Crippen LogP contribution in [0, 0.1) is 31.6 Å². The average molecular weight is 389 g/mol. The van der Waals surface area contributed by atoms with Gasteiger partial charge in [0.2, 0.25) is 0 Å². The first-order valence-electron chi connectivity index (χ1n) is 8.96. The first-order chi connectivity index (χ1) is 14.0. The number of aromatic nitrogens is 1. The van der Waals surface area contributed by atoms with Crippen molar-refractivity contribution in [2.75, 3.05) is 4.90 Å². The molecular formula is C20H15N5O4. The van der Waals surface area contributed by atoms with E-state index in [1.807, 2.05) is 4.90 Å². The van der Waals surface area contributed by atoms with Crippen LogP contribution >= 0.6 is 0 Å². The number of non-ortho nitro benzene ring substituents is 1. The number of fused-ring (bicyclic) bond motifs is 1. The van der Waals surface area contributed by atoms with E-state index in [1.165, 1.54) is 24.3 Å². The zero-order valence-electron chi connectivity index (χ0n) is 15.2. The minimum absolute atomic E-state index is 0.0371. The van der Waals surface area contributed by atoms with Gasteiger partial charge in [-0.15, -0.1) is 0 Å². The quantitative estimate of drug-likeness (QED) is 0.459. The Morgan fingerprint density at radius 1 is 1.10 bits per heavy atom. The highest BCUT2D eigenvalue weighted by Gasteiger charge is 2.32. The molecule has 1 fully saturated rings. The van der Waals surface area contributed by atoms with Crippen LogP contribution < -0.4 is 4.90 Å². The molecule has 1 aliphatic carbocycles. The van der Waals surface area contributed by atoms with Crippen LogP contribution in [0.4, 0.5) is 17.2 Å². The number of nitro benzene ring substituents is 2. The number of nitro groups is 2. The topological polar surface area (TPSA) is 126 Å². The van der Waals surface area contributed by atoms with Crippen LogP contribution in [0.3, 0.4) is 0 Å². The van der Waals surface area contributed by atoms with E-state index in [9.17, 15) is 25.5 Å². The number of benzene rings is 2. The Labute approximate surface area is 165 Å². The average Bonchev–Trinajstić information content (AvgIpc) is 3.56. The van der Waals surface area contributed by atoms with Crippen LogP contribution in [0.2, 0.25) is 0 Å². The summed E-state index contributed by atoms with van der Waals surface area (Å²) in [5.41, 5.74) is 1.24. The van der Waals surface area contributed by atoms with E-state index in [1.54, 1.807) is 24.3 Å². The molecule has 0 amide bonds. The molecule has 1 saturated carbocycles. The number of rotatable bonds is 6. The van der Waals surface area contributed by atoms with Gasteiger partial charge < -0.3 is 4.90 Å². The molecule has 0 atom stereocenters. The molecule has 29 heavy (non-hydrogen) atoms. The summed E-state index contributed by atoms with van der Waals surface area (Å²) in [6.45, 7) is 0.290. The van der Waals surface area contributed by atoms with Gasteiger partial charge in [-0.1, -0.05) is 18.2 Å². The van der Waals surface area contributed by atoms with Crippen LogP contribution in [0.5, 0.6) is 0 Å². The van der Waals surface area contributed by atoms with Crippen molar-refractivity contribution in [1.29, 1.82) is 5.26 Å². The number of hydrogen-bond donors (Lipinski definition) is 0. The summed E-state index contributed by atoms with van der Waals surface area (Å²) >= 11 is 0. The number of hydrogen-bond acceptors (Lipinski definition) is 7. The lowest BCUT2D eigenvalue weighted by atomic mass is 10.1. The number of nitriles is 1. The lowest BCUT2D eigenvalue weighted by molar-refractivity contribution is -0.385. The molecule has 2 aromatic carbocycles. The molecule has 0 unspecified atom stereocenters. The predicted molar refractivity (Wildman–Crippen MR) is 105 cm³/mol. The number of anilines is 1. The van der Waals surface area contributed by atoms with Crippen LogP contribution in [-0.4, -0.2) is 20.9 Å². The highest BCUT2D eigenvalue weighted by molar-refractivity contribution is 5.88. The molecule has 9 heteroatoms. The van der Waals surface area contributed by atoms with Gasteiger partial charge in [-0.3, -0.25) is 20.2 Å². The van der Waals surface area contributed by atoms with Crippen molar-refractivity contribution in [3.63, 3.8) is 0 Å². The van der Waals surface area contributed by atoms with Gasteiger partial charge >= 0.3 is 0 Å². The molecule has 0 N–H and O–H groups in total. The normalized spacial score (nSPS) is 13.1. The highest BCUT2D eigenvalue weighted by atomic mass is 16.6. The summed E-state index contributed by atoms with van der Waals surface area (Å²) in [4.78, 5) is 28.0. The molecular weight excluding hydrogens is 374 g/mol. The van der Waals surface area contributed by atoms with E-state index in [0.29, 0.717) is 22.3 Å². The minimum Gasteiger partial charge on any atom is -0.349 e. The van der Waals surface area contributed by atoms with Gasteiger partial charge in [-0.05, 0) is 25.0 Å². The third-order valence-corrected chi connectivity index (χ3v) is 4.92. The van der Waals surface area contributed by atoms with E-state index in [4.69, 9.17) is 0 Å². The number of para-hydroxylation sites is 1. The minimum atomic E-state index is -0.514. The maximum Gasteiger partial charge on any atom is 0.274 e. The lowest BCUT2D eigenvalue weighted by Gasteiger charge is -2.24. The fourth-order valence-corrected chi connectivity index (χ4v) is 3.34. The van der Waals surface area contributed by atoms with Crippen molar-refractivity contribution < 1.29 is 9.85 Å². The van der Waals surface area contributed by atoms with Crippen LogP contribution in [0.15, 0.2) is 48.5 Å². The Kier molecular flexibility index (Phi) is 4.52. The van der Waals surface area contributed by atoms with E-state index < -0.39 is 9.85 Å². The molecule has 1 aromatic heterocycles. The molecule has 0 bridgehead atoms. The molecule has 4 rings (SSSR count). The maximum atomic E-state index is 11.4. The molecule has 3 aromatic rings. The Balaban J connectivity index is 1.79. The second-order valence-electron chi connectivity index (χ2n) is 6.84. The lowest BCUT2D eigenvalue weighted by Crippen LogP contribution is -2.26. The second-order valence-corrected chi connectivity index (χ2v) is 6.84. The zero-order valence-corrected chi connectivity index (χ0v) is 15.2. The summed E-state index contributed by atoms with van der Waals surface area (Å²) in [5, 5.41) is 32.4. The number of pyridine rings is 1. The van der Waals surface area contributed by atoms with Gasteiger partial charge in [0.05, 0.1) is 33.5 Å². The van der Waals surface area contributed by atoms with E-state index in [-0.39, 0.29) is 29.5 Å². The summed E-state index contributed by atoms with van der Waals surface area (Å²) in [6, 6.07) is 14.6. The van der Waals surface area contributed by atoms with Gasteiger partial charge in [0.15, 0.2) is 0 Å².